The van der Waals surface area contributed by atoms with E-state index in [2.05, 4.69) is 10.6 Å². The van der Waals surface area contributed by atoms with Gasteiger partial charge in [-0.25, -0.2) is 0 Å². The molecule has 2 saturated carbocycles. The highest BCUT2D eigenvalue weighted by Gasteiger charge is 2.51. The summed E-state index contributed by atoms with van der Waals surface area (Å²) in [5, 5.41) is 15.6. The molecule has 6 nitrogen and oxygen atoms in total. The Morgan fingerprint density at radius 3 is 2.28 bits per heavy atom. The second-order valence-electron chi connectivity index (χ2n) is 8.35. The molecule has 2 fully saturated rings. The molecule has 3 N–H and O–H groups in total. The number of nitrogens with one attached hydrogen (secondary N) is 2. The van der Waals surface area contributed by atoms with Gasteiger partial charge in [0.15, 0.2) is 0 Å². The third-order valence-electron chi connectivity index (χ3n) is 6.52. The maximum atomic E-state index is 12.8. The lowest BCUT2D eigenvalue weighted by Gasteiger charge is -2.24. The number of halogens is 1. The number of benzene rings is 1. The molecule has 0 unspecified atom stereocenters. The van der Waals surface area contributed by atoms with Gasteiger partial charge in [-0.15, -0.1) is 0 Å². The van der Waals surface area contributed by atoms with Gasteiger partial charge in [0.25, 0.3) is 0 Å². The average molecular weight is 417 g/mol. The number of aliphatic carboxylic acids is 1. The second-order valence-corrected chi connectivity index (χ2v) is 8.75. The van der Waals surface area contributed by atoms with Gasteiger partial charge < -0.3 is 15.7 Å². The highest BCUT2D eigenvalue weighted by Crippen LogP contribution is 2.48. The van der Waals surface area contributed by atoms with Crippen molar-refractivity contribution in [1.82, 2.24) is 0 Å². The van der Waals surface area contributed by atoms with Crippen LogP contribution in [0.2, 0.25) is 5.02 Å². The minimum atomic E-state index is -0.930. The van der Waals surface area contributed by atoms with Gasteiger partial charge in [-0.1, -0.05) is 43.0 Å². The largest absolute Gasteiger partial charge is 0.481 e. The zero-order valence-electron chi connectivity index (χ0n) is 16.1. The van der Waals surface area contributed by atoms with Crippen molar-refractivity contribution in [2.75, 3.05) is 10.6 Å². The maximum absolute atomic E-state index is 12.8. The van der Waals surface area contributed by atoms with Gasteiger partial charge in [0.05, 0.1) is 22.5 Å². The molecule has 0 radical (unpaired) electrons. The molecule has 4 atom stereocenters. The van der Waals surface area contributed by atoms with E-state index in [1.165, 1.54) is 6.42 Å². The second kappa shape index (κ2) is 8.19. The van der Waals surface area contributed by atoms with Crippen molar-refractivity contribution in [1.29, 1.82) is 0 Å². The third kappa shape index (κ3) is 4.04. The van der Waals surface area contributed by atoms with Gasteiger partial charge in [-0.05, 0) is 49.3 Å². The van der Waals surface area contributed by atoms with Crippen molar-refractivity contribution in [2.45, 2.75) is 38.5 Å². The fourth-order valence-electron chi connectivity index (χ4n) is 5.04. The Morgan fingerprint density at radius 1 is 0.931 bits per heavy atom. The van der Waals surface area contributed by atoms with Crippen molar-refractivity contribution in [2.24, 2.45) is 29.6 Å². The standard InChI is InChI=1S/C22H25ClN2O4/c23-16-11-15(8-9-17(16)25-20(26)12-4-2-1-3-5-12)24-21(27)18-13-6-7-14(10-13)19(18)22(28)29/h6-9,11-14,18-19H,1-5,10H2,(H,24,27)(H,25,26)(H,28,29)/t13-,14+,18-,19-/m0/s1. The predicted molar refractivity (Wildman–Crippen MR) is 111 cm³/mol. The number of allylic oxidation sites excluding steroid dienone is 2. The molecule has 3 aliphatic carbocycles. The van der Waals surface area contributed by atoms with Crippen LogP contribution < -0.4 is 10.6 Å². The highest BCUT2D eigenvalue weighted by atomic mass is 35.5. The first kappa shape index (κ1) is 20.0. The molecule has 0 heterocycles. The third-order valence-corrected chi connectivity index (χ3v) is 6.83. The van der Waals surface area contributed by atoms with E-state index in [9.17, 15) is 19.5 Å². The van der Waals surface area contributed by atoms with Crippen LogP contribution in [0.4, 0.5) is 11.4 Å². The van der Waals surface area contributed by atoms with Crippen LogP contribution in [0.5, 0.6) is 0 Å². The first-order chi connectivity index (χ1) is 13.9. The minimum Gasteiger partial charge on any atom is -0.481 e. The van der Waals surface area contributed by atoms with Crippen molar-refractivity contribution in [3.63, 3.8) is 0 Å². The summed E-state index contributed by atoms with van der Waals surface area (Å²) in [6.45, 7) is 0. The molecule has 3 aliphatic rings. The number of hydrogen-bond donors (Lipinski definition) is 3. The van der Waals surface area contributed by atoms with Crippen LogP contribution in [0, 0.1) is 29.6 Å². The van der Waals surface area contributed by atoms with E-state index in [4.69, 9.17) is 11.6 Å². The van der Waals surface area contributed by atoms with Gasteiger partial charge in [0, 0.05) is 11.6 Å². The SMILES string of the molecule is O=C(Nc1ccc(NC(=O)[C@@H]2[C@@H](C(=O)O)[C@@H]3C=C[C@H]2C3)cc1Cl)C1CCCCC1. The molecular formula is C22H25ClN2O4. The Kier molecular flexibility index (Phi) is 5.63. The number of carbonyl (C=O) groups is 3. The lowest BCUT2D eigenvalue weighted by Crippen LogP contribution is -2.36. The number of amides is 2. The number of carbonyl (C=O) groups excluding carboxylic acids is 2. The van der Waals surface area contributed by atoms with Crippen LogP contribution in [0.1, 0.15) is 38.5 Å². The molecule has 2 bridgehead atoms. The molecule has 0 aromatic heterocycles. The van der Waals surface area contributed by atoms with E-state index in [1.54, 1.807) is 18.2 Å². The van der Waals surface area contributed by atoms with E-state index in [0.29, 0.717) is 22.8 Å². The van der Waals surface area contributed by atoms with Crippen molar-refractivity contribution in [3.8, 4) is 0 Å². The Morgan fingerprint density at radius 2 is 1.62 bits per heavy atom. The molecule has 2 amide bonds. The average Bonchev–Trinajstić information content (AvgIpc) is 3.32. The van der Waals surface area contributed by atoms with Crippen molar-refractivity contribution < 1.29 is 19.5 Å². The topological polar surface area (TPSA) is 95.5 Å². The molecule has 0 spiro atoms. The van der Waals surface area contributed by atoms with Gasteiger partial charge >= 0.3 is 5.97 Å². The summed E-state index contributed by atoms with van der Waals surface area (Å²) in [6.07, 6.45) is 9.71. The maximum Gasteiger partial charge on any atom is 0.307 e. The van der Waals surface area contributed by atoms with E-state index >= 15 is 0 Å². The van der Waals surface area contributed by atoms with Gasteiger partial charge in [-0.2, -0.15) is 0 Å². The molecule has 4 rings (SSSR count). The Balaban J connectivity index is 1.41. The monoisotopic (exact) mass is 416 g/mol. The Hall–Kier alpha value is -2.34. The highest BCUT2D eigenvalue weighted by molar-refractivity contribution is 6.34. The molecule has 1 aromatic rings. The molecule has 7 heteroatoms. The van der Waals surface area contributed by atoms with Gasteiger partial charge in [0.1, 0.15) is 0 Å². The predicted octanol–water partition coefficient (Wildman–Crippen LogP) is 4.32. The Bertz CT molecular complexity index is 862. The normalized spacial score (nSPS) is 28.3. The number of carboxylic acids is 1. The molecular weight excluding hydrogens is 392 g/mol. The number of rotatable bonds is 5. The van der Waals surface area contributed by atoms with Crippen LogP contribution in [0.15, 0.2) is 30.4 Å². The van der Waals surface area contributed by atoms with E-state index < -0.39 is 17.8 Å². The summed E-state index contributed by atoms with van der Waals surface area (Å²) in [7, 11) is 0. The lowest BCUT2D eigenvalue weighted by molar-refractivity contribution is -0.146. The molecule has 1 aromatic carbocycles. The summed E-state index contributed by atoms with van der Waals surface area (Å²) in [5.41, 5.74) is 1.01. The first-order valence-corrected chi connectivity index (χ1v) is 10.6. The molecule has 154 valence electrons. The number of carboxylic acid groups (broad SMARTS) is 1. The summed E-state index contributed by atoms with van der Waals surface area (Å²) in [4.78, 5) is 36.8. The van der Waals surface area contributed by atoms with E-state index in [0.717, 1.165) is 25.7 Å². The quantitative estimate of drug-likeness (QED) is 0.623. The van der Waals surface area contributed by atoms with E-state index in [-0.39, 0.29) is 29.6 Å². The van der Waals surface area contributed by atoms with Crippen molar-refractivity contribution in [3.05, 3.63) is 35.4 Å². The van der Waals surface area contributed by atoms with Crippen molar-refractivity contribution >= 4 is 40.8 Å². The summed E-state index contributed by atoms with van der Waals surface area (Å²) in [6, 6.07) is 4.95. The molecule has 29 heavy (non-hydrogen) atoms. The Labute approximate surface area is 174 Å². The zero-order chi connectivity index (χ0) is 20.5. The summed E-state index contributed by atoms with van der Waals surface area (Å²) >= 11 is 6.33. The lowest BCUT2D eigenvalue weighted by atomic mass is 9.82. The molecule has 0 aliphatic heterocycles. The van der Waals surface area contributed by atoms with Crippen LogP contribution in [-0.2, 0) is 14.4 Å². The fraction of sp³-hybridized carbons (Fsp3) is 0.500. The number of anilines is 2. The first-order valence-electron chi connectivity index (χ1n) is 10.3. The van der Waals surface area contributed by atoms with Crippen LogP contribution in [-0.4, -0.2) is 22.9 Å². The summed E-state index contributed by atoms with van der Waals surface area (Å²) < 4.78 is 0. The van der Waals surface area contributed by atoms with Crippen LogP contribution in [0.25, 0.3) is 0 Å². The minimum absolute atomic E-state index is 0.0125. The smallest absolute Gasteiger partial charge is 0.307 e. The van der Waals surface area contributed by atoms with Gasteiger partial charge in [0.2, 0.25) is 11.8 Å². The van der Waals surface area contributed by atoms with Crippen LogP contribution >= 0.6 is 11.6 Å². The zero-order valence-corrected chi connectivity index (χ0v) is 16.8. The number of hydrogen-bond acceptors (Lipinski definition) is 3. The fourth-order valence-corrected chi connectivity index (χ4v) is 5.26. The molecule has 0 saturated heterocycles. The number of fused-ring (bicyclic) bond motifs is 2. The van der Waals surface area contributed by atoms with Crippen LogP contribution in [0.3, 0.4) is 0 Å². The van der Waals surface area contributed by atoms with Gasteiger partial charge in [-0.3, -0.25) is 14.4 Å². The van der Waals surface area contributed by atoms with E-state index in [1.807, 2.05) is 12.2 Å². The summed E-state index contributed by atoms with van der Waals surface area (Å²) in [5.74, 6) is -2.59.